The molecule has 0 amide bonds. The summed E-state index contributed by atoms with van der Waals surface area (Å²) in [6, 6.07) is 0. The first kappa shape index (κ1) is 72.4. The lowest BCUT2D eigenvalue weighted by molar-refractivity contribution is -0.994. The van der Waals surface area contributed by atoms with E-state index in [9.17, 15) is 46.9 Å². The molecule has 0 saturated carbocycles. The van der Waals surface area contributed by atoms with Crippen molar-refractivity contribution in [2.75, 3.05) is 42.9 Å². The summed E-state index contributed by atoms with van der Waals surface area (Å²) >= 11 is 0. The van der Waals surface area contributed by atoms with Gasteiger partial charge in [-0.15, -0.1) is 17.9 Å². The van der Waals surface area contributed by atoms with Crippen LogP contribution in [0.25, 0.3) is 0 Å². The first-order valence-corrected chi connectivity index (χ1v) is 35.0. The summed E-state index contributed by atoms with van der Waals surface area (Å²) in [7, 11) is -31.4. The van der Waals surface area contributed by atoms with Crippen molar-refractivity contribution in [3.8, 4) is 0 Å². The molecule has 0 aromatic rings. The smallest absolute Gasteiger partial charge is 0.337 e. The van der Waals surface area contributed by atoms with Crippen LogP contribution in [0.15, 0.2) is 12.2 Å². The summed E-state index contributed by atoms with van der Waals surface area (Å²) in [5.41, 5.74) is -5.64. The number of carbonyl (C=O) groups excluding carboxylic acids is 1. The molecule has 17 nitrogen and oxygen atoms in total. The average molecular weight is 1180 g/mol. The van der Waals surface area contributed by atoms with E-state index >= 15 is 22.4 Å². The number of likely N-dealkylation sites (N-methyl/N-ethyl adjacent to an activating group) is 1. The zero-order chi connectivity index (χ0) is 56.8. The van der Waals surface area contributed by atoms with Crippen LogP contribution in [0.3, 0.4) is 0 Å². The van der Waals surface area contributed by atoms with Gasteiger partial charge in [-0.1, -0.05) is 195 Å². The Bertz CT molecular complexity index is 2050. The summed E-state index contributed by atoms with van der Waals surface area (Å²) < 4.78 is 232. The SMILES string of the molecule is CCCCCCCCS(=O)(=O)N(F)C(N(F)S(=O)(=O)CCCCCCCC)(N(F)S(=O)(=O)CCCCCCCC)C(C=CC(=O)OC)(N(F)S(=O)(=O)CCCCCCCC)[N+](C)(F)S(=O)(=O)CCCCCCCC. The van der Waals surface area contributed by atoms with Gasteiger partial charge in [0.1, 0.15) is 12.8 Å². The number of ether oxygens (including phenoxy) is 1. The summed E-state index contributed by atoms with van der Waals surface area (Å²) in [6.45, 7) is 9.35. The first-order valence-electron chi connectivity index (χ1n) is 26.9. The number of sulfonamides is 5. The Labute approximate surface area is 443 Å². The van der Waals surface area contributed by atoms with E-state index in [1.807, 2.05) is 34.6 Å². The lowest BCUT2D eigenvalue weighted by atomic mass is 10.0. The normalized spacial score (nSPS) is 15.2. The van der Waals surface area contributed by atoms with Gasteiger partial charge in [0.25, 0.3) is 0 Å². The molecule has 0 aliphatic carbocycles. The highest BCUT2D eigenvalue weighted by atomic mass is 32.2. The molecule has 0 aliphatic rings. The predicted molar refractivity (Wildman–Crippen MR) is 282 cm³/mol. The molecule has 2 atom stereocenters. The molecule has 0 aromatic heterocycles. The molecule has 0 aromatic carbocycles. The van der Waals surface area contributed by atoms with Gasteiger partial charge in [0, 0.05) is 34.7 Å². The van der Waals surface area contributed by atoms with Crippen LogP contribution < -0.4 is 0 Å². The van der Waals surface area contributed by atoms with Crippen LogP contribution in [0, 0.1) is 0 Å². The number of nitrogens with zero attached hydrogens (tertiary/aromatic N) is 5. The average Bonchev–Trinajstić information content (AvgIpc) is 3.34. The number of rotatable bonds is 48. The van der Waals surface area contributed by atoms with E-state index in [0.29, 0.717) is 103 Å². The highest BCUT2D eigenvalue weighted by Gasteiger charge is 2.87. The minimum atomic E-state index is -6.40. The molecule has 0 bridgehead atoms. The molecule has 0 aliphatic heterocycles. The molecule has 27 heteroatoms. The van der Waals surface area contributed by atoms with Crippen LogP contribution in [-0.4, -0.2) is 125 Å². The summed E-state index contributed by atoms with van der Waals surface area (Å²) in [5, 5.41) is 0. The maximum Gasteiger partial charge on any atom is 0.337 e. The molecule has 0 heterocycles. The van der Waals surface area contributed by atoms with Crippen molar-refractivity contribution in [2.45, 2.75) is 239 Å². The first-order chi connectivity index (χ1) is 34.6. The lowest BCUT2D eigenvalue weighted by Crippen LogP contribution is -2.88. The number of hydrogen-bond donors (Lipinski definition) is 0. The maximum atomic E-state index is 19.1. The summed E-state index contributed by atoms with van der Waals surface area (Å²) in [4.78, 5) is 13.1. The molecule has 0 saturated heterocycles. The zero-order valence-corrected chi connectivity index (χ0v) is 49.6. The Kier molecular flexibility index (Phi) is 35.1. The highest BCUT2D eigenvalue weighted by Crippen LogP contribution is 2.54. The Morgan fingerprint density at radius 3 is 0.905 bits per heavy atom. The van der Waals surface area contributed by atoms with E-state index in [-0.39, 0.29) is 45.2 Å². The Balaban J connectivity index is 9.63. The van der Waals surface area contributed by atoms with Crippen LogP contribution in [-0.2, 0) is 59.6 Å². The topological polar surface area (TPSA) is 210 Å². The molecule has 0 radical (unpaired) electrons. The predicted octanol–water partition coefficient (Wildman–Crippen LogP) is 11.6. The molecule has 0 spiro atoms. The Morgan fingerprint density at radius 1 is 0.419 bits per heavy atom. The van der Waals surface area contributed by atoms with Gasteiger partial charge in [-0.2, -0.15) is 8.42 Å². The van der Waals surface area contributed by atoms with Crippen LogP contribution >= 0.6 is 0 Å². The third-order valence-electron chi connectivity index (χ3n) is 13.0. The van der Waals surface area contributed by atoms with Gasteiger partial charge in [-0.05, 0) is 36.2 Å². The van der Waals surface area contributed by atoms with Gasteiger partial charge < -0.3 is 4.74 Å². The molecule has 0 fully saturated rings. The van der Waals surface area contributed by atoms with E-state index < -0.39 is 157 Å². The van der Waals surface area contributed by atoms with Crippen molar-refractivity contribution in [3.63, 3.8) is 0 Å². The third-order valence-corrected chi connectivity index (χ3v) is 21.4. The minimum absolute atomic E-state index is 0.0172. The summed E-state index contributed by atoms with van der Waals surface area (Å²) in [6.07, 6.45) is 7.22. The van der Waals surface area contributed by atoms with E-state index in [1.165, 1.54) is 0 Å². The second-order valence-corrected chi connectivity index (χ2v) is 29.1. The highest BCUT2D eigenvalue weighted by molar-refractivity contribution is 7.91. The second-order valence-electron chi connectivity index (χ2n) is 19.3. The van der Waals surface area contributed by atoms with Crippen molar-refractivity contribution in [1.29, 1.82) is 0 Å². The van der Waals surface area contributed by atoms with E-state index in [0.717, 1.165) is 32.1 Å². The standard InChI is InChI=1S/C47H93F5N5O12S5/c1-8-13-18-23-28-33-40-70(59,60)53(48)46(39-38-45(58)69-7,57(6,52)74(67,68)44-37-32-27-22-17-12-5)47(54(49)71(61,62)41-34-29-24-19-14-9-2,55(50)72(63,64)42-35-30-25-20-15-10-3)56(51)73(65,66)43-36-31-26-21-16-11-4/h38-39H,8-37,40-44H2,1-7H3/q+1. The van der Waals surface area contributed by atoms with Gasteiger partial charge in [0.05, 0.1) is 30.1 Å². The minimum Gasteiger partial charge on any atom is -0.466 e. The lowest BCUT2D eigenvalue weighted by Gasteiger charge is -2.53. The van der Waals surface area contributed by atoms with Gasteiger partial charge in [0.2, 0.25) is 40.1 Å². The Hall–Kier alpha value is -1.59. The molecular weight excluding hydrogens is 1080 g/mol. The van der Waals surface area contributed by atoms with Gasteiger partial charge in [0.15, 0.2) is 0 Å². The number of methoxy groups -OCH3 is 1. The fourth-order valence-electron chi connectivity index (χ4n) is 8.48. The Morgan fingerprint density at radius 2 is 0.649 bits per heavy atom. The number of halogens is 5. The van der Waals surface area contributed by atoms with Crippen molar-refractivity contribution in [3.05, 3.63) is 12.2 Å². The number of quaternary nitrogens is 1. The fourth-order valence-corrected chi connectivity index (χ4v) is 15.9. The molecular formula is C47H93F5N5O12S5+. The molecule has 442 valence electrons. The van der Waals surface area contributed by atoms with Crippen molar-refractivity contribution < 1.29 is 78.1 Å². The van der Waals surface area contributed by atoms with E-state index in [2.05, 4.69) is 4.74 Å². The molecule has 0 rings (SSSR count). The molecule has 0 N–H and O–H groups in total. The van der Waals surface area contributed by atoms with E-state index in [4.69, 9.17) is 0 Å². The van der Waals surface area contributed by atoms with Crippen molar-refractivity contribution in [1.82, 2.24) is 18.1 Å². The van der Waals surface area contributed by atoms with Crippen LogP contribution in [0.4, 0.5) is 22.4 Å². The number of carbonyl (C=O) groups is 1. The van der Waals surface area contributed by atoms with Crippen molar-refractivity contribution in [2.24, 2.45) is 0 Å². The van der Waals surface area contributed by atoms with Crippen LogP contribution in [0.2, 0.25) is 0 Å². The van der Waals surface area contributed by atoms with Crippen LogP contribution in [0.5, 0.6) is 0 Å². The monoisotopic (exact) mass is 1170 g/mol. The third kappa shape index (κ3) is 21.2. The largest absolute Gasteiger partial charge is 0.466 e. The number of unbranched alkanes of at least 4 members (excludes halogenated alkanes) is 25. The van der Waals surface area contributed by atoms with Gasteiger partial charge in [-0.25, -0.2) is 38.5 Å². The summed E-state index contributed by atoms with van der Waals surface area (Å²) in [5.74, 6) is -15.7. The zero-order valence-electron chi connectivity index (χ0n) is 45.5. The number of hydrogen-bond acceptors (Lipinski definition) is 12. The second kappa shape index (κ2) is 35.8. The molecule has 2 unspecified atom stereocenters. The maximum absolute atomic E-state index is 19.1. The quantitative estimate of drug-likeness (QED) is 0.0139. The van der Waals surface area contributed by atoms with Gasteiger partial charge >= 0.3 is 27.4 Å². The number of esters is 1. The molecule has 74 heavy (non-hydrogen) atoms. The van der Waals surface area contributed by atoms with Crippen molar-refractivity contribution >= 4 is 56.1 Å². The fraction of sp³-hybridized carbons (Fsp3) is 0.936. The van der Waals surface area contributed by atoms with E-state index in [1.54, 1.807) is 0 Å². The van der Waals surface area contributed by atoms with Gasteiger partial charge in [-0.3, -0.25) is 0 Å². The van der Waals surface area contributed by atoms with Crippen LogP contribution in [0.1, 0.15) is 227 Å².